The van der Waals surface area contributed by atoms with Gasteiger partial charge in [0.15, 0.2) is 0 Å². The Morgan fingerprint density at radius 1 is 1.21 bits per heavy atom. The number of nitrogens with zero attached hydrogens (tertiary/aromatic N) is 4. The van der Waals surface area contributed by atoms with Crippen molar-refractivity contribution in [2.45, 2.75) is 52.6 Å². The molecular formula is C24H29N5O3S. The molecule has 0 amide bonds. The van der Waals surface area contributed by atoms with E-state index in [1.54, 1.807) is 0 Å². The predicted molar refractivity (Wildman–Crippen MR) is 127 cm³/mol. The first-order chi connectivity index (χ1) is 15.6. The van der Waals surface area contributed by atoms with Crippen LogP contribution in [0.15, 0.2) is 30.7 Å². The zero-order chi connectivity index (χ0) is 23.8. The standard InChI is InChI=1S/C24H29N5O3S/c1-14-8-16(10-17(9-14)29-22-27-13-26-15(2)28-22)19-11-25-21(33-19)24(31)7-6-18(20(30)32-5)23(3,4)12-24/h8-11,13,18,31H,6-7,12H2,1-5H3,(H,26,27,28,29)/t18-,24-/m1/s1. The van der Waals surface area contributed by atoms with Gasteiger partial charge in [-0.15, -0.1) is 11.3 Å². The predicted octanol–water partition coefficient (Wildman–Crippen LogP) is 4.54. The molecule has 174 valence electrons. The van der Waals surface area contributed by atoms with Crippen molar-refractivity contribution in [3.8, 4) is 10.4 Å². The van der Waals surface area contributed by atoms with Crippen LogP contribution in [-0.4, -0.2) is 38.1 Å². The fourth-order valence-electron chi connectivity index (χ4n) is 4.69. The van der Waals surface area contributed by atoms with Gasteiger partial charge in [0.1, 0.15) is 22.8 Å². The maximum absolute atomic E-state index is 12.2. The molecule has 33 heavy (non-hydrogen) atoms. The molecule has 2 aromatic heterocycles. The van der Waals surface area contributed by atoms with Crippen molar-refractivity contribution in [1.29, 1.82) is 0 Å². The summed E-state index contributed by atoms with van der Waals surface area (Å²) in [4.78, 5) is 30.3. The van der Waals surface area contributed by atoms with Crippen LogP contribution in [0.25, 0.3) is 10.4 Å². The van der Waals surface area contributed by atoms with E-state index in [1.807, 2.05) is 46.0 Å². The van der Waals surface area contributed by atoms with Crippen LogP contribution in [0.3, 0.4) is 0 Å². The minimum Gasteiger partial charge on any atom is -0.469 e. The number of anilines is 2. The van der Waals surface area contributed by atoms with Crippen molar-refractivity contribution in [2.75, 3.05) is 12.4 Å². The highest BCUT2D eigenvalue weighted by molar-refractivity contribution is 7.15. The normalized spacial score (nSPS) is 22.1. The minimum atomic E-state index is -1.07. The van der Waals surface area contributed by atoms with Crippen LogP contribution in [0.5, 0.6) is 0 Å². The number of nitrogens with one attached hydrogen (secondary N) is 1. The van der Waals surface area contributed by atoms with Gasteiger partial charge in [0.2, 0.25) is 5.95 Å². The molecule has 2 heterocycles. The Labute approximate surface area is 197 Å². The van der Waals surface area contributed by atoms with Crippen LogP contribution in [0.4, 0.5) is 11.6 Å². The first kappa shape index (κ1) is 23.3. The lowest BCUT2D eigenvalue weighted by Crippen LogP contribution is -2.45. The highest BCUT2D eigenvalue weighted by Gasteiger charge is 2.49. The Balaban J connectivity index is 1.58. The number of aryl methyl sites for hydroxylation is 2. The van der Waals surface area contributed by atoms with Gasteiger partial charge in [-0.3, -0.25) is 4.79 Å². The van der Waals surface area contributed by atoms with Gasteiger partial charge in [-0.05, 0) is 61.8 Å². The van der Waals surface area contributed by atoms with Crippen LogP contribution < -0.4 is 5.32 Å². The van der Waals surface area contributed by atoms with E-state index in [-0.39, 0.29) is 11.9 Å². The Bertz CT molecular complexity index is 1180. The van der Waals surface area contributed by atoms with E-state index < -0.39 is 11.0 Å². The molecule has 2 atom stereocenters. The second-order valence-electron chi connectivity index (χ2n) is 9.41. The quantitative estimate of drug-likeness (QED) is 0.526. The largest absolute Gasteiger partial charge is 0.469 e. The zero-order valence-electron chi connectivity index (χ0n) is 19.5. The van der Waals surface area contributed by atoms with Crippen LogP contribution >= 0.6 is 11.3 Å². The van der Waals surface area contributed by atoms with Crippen LogP contribution in [0.2, 0.25) is 0 Å². The molecule has 1 saturated carbocycles. The lowest BCUT2D eigenvalue weighted by molar-refractivity contribution is -0.157. The molecule has 0 bridgehead atoms. The summed E-state index contributed by atoms with van der Waals surface area (Å²) >= 11 is 1.49. The Morgan fingerprint density at radius 2 is 2.00 bits per heavy atom. The number of benzene rings is 1. The number of thiazole rings is 1. The molecule has 2 N–H and O–H groups in total. The second kappa shape index (κ2) is 8.79. The third-order valence-electron chi connectivity index (χ3n) is 6.24. The second-order valence-corrected chi connectivity index (χ2v) is 10.4. The van der Waals surface area contributed by atoms with E-state index in [9.17, 15) is 9.90 Å². The van der Waals surface area contributed by atoms with E-state index >= 15 is 0 Å². The number of esters is 1. The molecule has 0 saturated heterocycles. The summed E-state index contributed by atoms with van der Waals surface area (Å²) in [6.07, 6.45) is 4.78. The molecule has 4 rings (SSSR count). The summed E-state index contributed by atoms with van der Waals surface area (Å²) in [6.45, 7) is 7.86. The Hall–Kier alpha value is -2.91. The molecule has 1 aromatic carbocycles. The molecule has 8 nitrogen and oxygen atoms in total. The average molecular weight is 468 g/mol. The monoisotopic (exact) mass is 467 g/mol. The number of carbonyl (C=O) groups is 1. The summed E-state index contributed by atoms with van der Waals surface area (Å²) < 4.78 is 4.98. The summed E-state index contributed by atoms with van der Waals surface area (Å²) in [5.41, 5.74) is 1.48. The molecule has 0 radical (unpaired) electrons. The fourth-order valence-corrected chi connectivity index (χ4v) is 5.71. The molecular weight excluding hydrogens is 438 g/mol. The van der Waals surface area contributed by atoms with Crippen LogP contribution in [0, 0.1) is 25.2 Å². The molecule has 9 heteroatoms. The molecule has 3 aromatic rings. The summed E-state index contributed by atoms with van der Waals surface area (Å²) in [5, 5.41) is 15.4. The topological polar surface area (TPSA) is 110 Å². The number of rotatable bonds is 5. The minimum absolute atomic E-state index is 0.213. The van der Waals surface area contributed by atoms with Crippen molar-refractivity contribution in [3.63, 3.8) is 0 Å². The van der Waals surface area contributed by atoms with E-state index in [0.717, 1.165) is 21.7 Å². The summed E-state index contributed by atoms with van der Waals surface area (Å²) in [6, 6.07) is 6.13. The Kier molecular flexibility index (Phi) is 6.20. The van der Waals surface area contributed by atoms with Gasteiger partial charge < -0.3 is 15.2 Å². The Morgan fingerprint density at radius 3 is 2.70 bits per heavy atom. The van der Waals surface area contributed by atoms with Crippen molar-refractivity contribution >= 4 is 28.9 Å². The van der Waals surface area contributed by atoms with Gasteiger partial charge in [-0.1, -0.05) is 19.9 Å². The number of aromatic nitrogens is 4. The van der Waals surface area contributed by atoms with E-state index in [4.69, 9.17) is 4.74 Å². The first-order valence-electron chi connectivity index (χ1n) is 10.9. The summed E-state index contributed by atoms with van der Waals surface area (Å²) in [5.74, 6) is 0.690. The zero-order valence-corrected chi connectivity index (χ0v) is 20.4. The van der Waals surface area contributed by atoms with Crippen molar-refractivity contribution in [1.82, 2.24) is 19.9 Å². The van der Waals surface area contributed by atoms with Crippen LogP contribution in [-0.2, 0) is 15.1 Å². The van der Waals surface area contributed by atoms with E-state index in [0.29, 0.717) is 36.0 Å². The highest BCUT2D eigenvalue weighted by Crippen LogP contribution is 2.51. The fraction of sp³-hybridized carbons (Fsp3) is 0.458. The number of ether oxygens (including phenoxy) is 1. The third kappa shape index (κ3) is 4.89. The number of hydrogen-bond acceptors (Lipinski definition) is 9. The average Bonchev–Trinajstić information content (AvgIpc) is 3.23. The maximum atomic E-state index is 12.2. The van der Waals surface area contributed by atoms with Gasteiger partial charge in [0.25, 0.3) is 0 Å². The van der Waals surface area contributed by atoms with Crippen molar-refractivity contribution in [3.05, 3.63) is 47.1 Å². The highest BCUT2D eigenvalue weighted by atomic mass is 32.1. The SMILES string of the molecule is COC(=O)[C@H]1CC[C@](O)(c2ncc(-c3cc(C)cc(Nc4ncnc(C)n4)c3)s2)CC1(C)C. The van der Waals surface area contributed by atoms with E-state index in [1.165, 1.54) is 24.8 Å². The molecule has 1 aliphatic carbocycles. The third-order valence-corrected chi connectivity index (χ3v) is 7.48. The molecule has 1 fully saturated rings. The van der Waals surface area contributed by atoms with Gasteiger partial charge in [-0.25, -0.2) is 15.0 Å². The lowest BCUT2D eigenvalue weighted by Gasteiger charge is -2.44. The van der Waals surface area contributed by atoms with Gasteiger partial charge >= 0.3 is 5.97 Å². The molecule has 0 unspecified atom stereocenters. The maximum Gasteiger partial charge on any atom is 0.309 e. The smallest absolute Gasteiger partial charge is 0.309 e. The molecule has 0 aliphatic heterocycles. The molecule has 1 aliphatic rings. The molecule has 0 spiro atoms. The number of methoxy groups -OCH3 is 1. The van der Waals surface area contributed by atoms with Gasteiger partial charge in [-0.2, -0.15) is 4.98 Å². The van der Waals surface area contributed by atoms with Gasteiger partial charge in [0.05, 0.1) is 17.9 Å². The summed E-state index contributed by atoms with van der Waals surface area (Å²) in [7, 11) is 1.42. The number of aliphatic hydroxyl groups is 1. The van der Waals surface area contributed by atoms with Crippen molar-refractivity contribution < 1.29 is 14.6 Å². The van der Waals surface area contributed by atoms with Gasteiger partial charge in [0, 0.05) is 11.9 Å². The van der Waals surface area contributed by atoms with Crippen LogP contribution in [0.1, 0.15) is 49.5 Å². The first-order valence-corrected chi connectivity index (χ1v) is 11.7. The van der Waals surface area contributed by atoms with E-state index in [2.05, 4.69) is 31.3 Å². The number of hydrogen-bond donors (Lipinski definition) is 2. The number of carbonyl (C=O) groups excluding carboxylic acids is 1. The lowest BCUT2D eigenvalue weighted by atomic mass is 9.63. The van der Waals surface area contributed by atoms with Crippen molar-refractivity contribution in [2.24, 2.45) is 11.3 Å².